The lowest BCUT2D eigenvalue weighted by molar-refractivity contribution is -0.143. The van der Waals surface area contributed by atoms with E-state index in [9.17, 15) is 73.5 Å². The lowest BCUT2D eigenvalue weighted by atomic mass is 9.96. The Labute approximate surface area is 410 Å². The number of carboxylic acid groups (broad SMARTS) is 2. The van der Waals surface area contributed by atoms with E-state index in [1.165, 1.54) is 6.92 Å². The van der Waals surface area contributed by atoms with Gasteiger partial charge in [-0.05, 0) is 49.8 Å². The second-order valence-electron chi connectivity index (χ2n) is 16.7. The normalized spacial score (nSPS) is 15.2. The van der Waals surface area contributed by atoms with Crippen molar-refractivity contribution >= 4 is 59.2 Å². The third-order valence-corrected chi connectivity index (χ3v) is 11.1. The van der Waals surface area contributed by atoms with E-state index in [-0.39, 0.29) is 32.2 Å². The number of carbonyl (C=O) groups is 10. The maximum Gasteiger partial charge on any atom is 0.328 e. The van der Waals surface area contributed by atoms with E-state index in [2.05, 4.69) is 42.5 Å². The summed E-state index contributed by atoms with van der Waals surface area (Å²) in [5, 5.41) is 67.7. The van der Waals surface area contributed by atoms with Crippen LogP contribution in [0.4, 0.5) is 0 Å². The number of amides is 8. The molecule has 2 aromatic rings. The Morgan fingerprint density at radius 2 is 0.873 bits per heavy atom. The monoisotopic (exact) mass is 1000 g/mol. The first-order valence-corrected chi connectivity index (χ1v) is 22.9. The fraction of sp³-hybridized carbons (Fsp3) is 0.522. The molecule has 0 aromatic heterocycles. The predicted octanol–water partition coefficient (Wildman–Crippen LogP) is -4.59. The van der Waals surface area contributed by atoms with Crippen LogP contribution in [0.15, 0.2) is 60.7 Å². The number of hydrogen-bond donors (Lipinski definition) is 15. The first-order chi connectivity index (χ1) is 33.7. The average Bonchev–Trinajstić information content (AvgIpc) is 3.34. The minimum absolute atomic E-state index is 0.0260. The standard InChI is InChI=1S/C46H68N10O15/c1-4-25(2)37(45(69)55-35(24-59)46(70)71)56-42(66)31(20-28-15-9-6-10-16-28)51-41(65)32(21-36(60)61)52-44(68)34(23-58)53-39(63)29(17-11-12-18-47)49-43(67)33(22-57)54-40(64)30(50-38(62)26(3)48)19-27-13-7-5-8-14-27/h5-10,13-16,25-26,29-35,37,57-59H,4,11-12,17-24,47-48H2,1-3H3,(H,49,67)(H,50,62)(H,51,65)(H,52,68)(H,53,63)(H,54,64)(H,55,69)(H,56,66)(H,60,61)(H,70,71)/t25-,26-,29-,30-,31-,32-,33-,34-,35-,37-/m0/s1. The van der Waals surface area contributed by atoms with Crippen LogP contribution in [0.5, 0.6) is 0 Å². The number of hydrogen-bond acceptors (Lipinski definition) is 15. The molecule has 25 nitrogen and oxygen atoms in total. The zero-order valence-electron chi connectivity index (χ0n) is 39.8. The predicted molar refractivity (Wildman–Crippen MR) is 253 cm³/mol. The molecule has 0 fully saturated rings. The molecule has 0 saturated carbocycles. The molecule has 0 aliphatic carbocycles. The van der Waals surface area contributed by atoms with E-state index < -0.39 is 146 Å². The molecule has 2 aromatic carbocycles. The number of unbranched alkanes of at least 4 members (excludes halogenated alkanes) is 1. The van der Waals surface area contributed by atoms with Crippen molar-refractivity contribution in [2.24, 2.45) is 17.4 Å². The maximum absolute atomic E-state index is 13.9. The summed E-state index contributed by atoms with van der Waals surface area (Å²) in [7, 11) is 0. The molecule has 25 heteroatoms. The zero-order chi connectivity index (χ0) is 53.2. The quantitative estimate of drug-likeness (QED) is 0.0307. The molecule has 2 rings (SSSR count). The van der Waals surface area contributed by atoms with E-state index >= 15 is 0 Å². The molecule has 0 heterocycles. The summed E-state index contributed by atoms with van der Waals surface area (Å²) in [5.41, 5.74) is 12.5. The molecule has 0 unspecified atom stereocenters. The summed E-state index contributed by atoms with van der Waals surface area (Å²) in [6, 6.07) is 2.82. The molecular formula is C46H68N10O15. The van der Waals surface area contributed by atoms with Crippen LogP contribution in [0.25, 0.3) is 0 Å². The van der Waals surface area contributed by atoms with Gasteiger partial charge in [0.1, 0.15) is 48.3 Å². The fourth-order valence-corrected chi connectivity index (χ4v) is 6.72. The Morgan fingerprint density at radius 1 is 0.493 bits per heavy atom. The van der Waals surface area contributed by atoms with Crippen molar-refractivity contribution in [2.45, 2.75) is 120 Å². The van der Waals surface area contributed by atoms with Crippen LogP contribution in [0.1, 0.15) is 64.0 Å². The van der Waals surface area contributed by atoms with E-state index in [1.807, 2.05) is 0 Å². The summed E-state index contributed by atoms with van der Waals surface area (Å²) in [4.78, 5) is 131. The highest BCUT2D eigenvalue weighted by atomic mass is 16.4. The Kier molecular flexibility index (Phi) is 26.4. The van der Waals surface area contributed by atoms with Gasteiger partial charge in [-0.15, -0.1) is 0 Å². The third kappa shape index (κ3) is 20.8. The van der Waals surface area contributed by atoms with Gasteiger partial charge in [0, 0.05) is 12.8 Å². The van der Waals surface area contributed by atoms with Gasteiger partial charge in [0.05, 0.1) is 32.3 Å². The molecule has 0 aliphatic rings. The van der Waals surface area contributed by atoms with Gasteiger partial charge < -0.3 is 79.5 Å². The second kappa shape index (κ2) is 31.2. The van der Waals surface area contributed by atoms with E-state index in [0.29, 0.717) is 24.0 Å². The van der Waals surface area contributed by atoms with Crippen LogP contribution >= 0.6 is 0 Å². The minimum atomic E-state index is -1.95. The Balaban J connectivity index is 2.34. The molecule has 392 valence electrons. The van der Waals surface area contributed by atoms with Crippen LogP contribution in [0, 0.1) is 5.92 Å². The molecule has 0 spiro atoms. The maximum atomic E-state index is 13.9. The van der Waals surface area contributed by atoms with Crippen LogP contribution < -0.4 is 54.0 Å². The van der Waals surface area contributed by atoms with Gasteiger partial charge in [-0.2, -0.15) is 0 Å². The summed E-state index contributed by atoms with van der Waals surface area (Å²) in [6.45, 7) is 1.80. The largest absolute Gasteiger partial charge is 0.481 e. The van der Waals surface area contributed by atoms with Crippen LogP contribution in [0.3, 0.4) is 0 Å². The summed E-state index contributed by atoms with van der Waals surface area (Å²) >= 11 is 0. The number of nitrogens with two attached hydrogens (primary N) is 2. The lowest BCUT2D eigenvalue weighted by Gasteiger charge is -2.28. The first kappa shape index (κ1) is 60.1. The van der Waals surface area contributed by atoms with Gasteiger partial charge in [0.25, 0.3) is 0 Å². The number of aliphatic hydroxyl groups is 3. The van der Waals surface area contributed by atoms with Gasteiger partial charge in [-0.3, -0.25) is 43.2 Å². The zero-order valence-corrected chi connectivity index (χ0v) is 39.8. The molecule has 71 heavy (non-hydrogen) atoms. The average molecular weight is 1000 g/mol. The van der Waals surface area contributed by atoms with Crippen molar-refractivity contribution in [1.29, 1.82) is 0 Å². The number of carboxylic acids is 2. The van der Waals surface area contributed by atoms with Crippen LogP contribution in [-0.2, 0) is 60.8 Å². The van der Waals surface area contributed by atoms with Crippen LogP contribution in [-0.4, -0.2) is 165 Å². The molecule has 17 N–H and O–H groups in total. The Hall–Kier alpha value is -7.06. The SMILES string of the molecule is CC[C@H](C)[C@H](NC(=O)[C@H](Cc1ccccc1)NC(=O)[C@H](CC(=O)O)NC(=O)[C@H](CO)NC(=O)[C@H](CCCCN)NC(=O)[C@H](CO)NC(=O)[C@H](Cc1ccccc1)NC(=O)[C@H](C)N)C(=O)N[C@@H](CO)C(=O)O. The third-order valence-electron chi connectivity index (χ3n) is 11.1. The molecule has 0 radical (unpaired) electrons. The smallest absolute Gasteiger partial charge is 0.328 e. The molecule has 0 aliphatic heterocycles. The van der Waals surface area contributed by atoms with E-state index in [4.69, 9.17) is 11.5 Å². The van der Waals surface area contributed by atoms with Gasteiger partial charge in [0.2, 0.25) is 47.3 Å². The molecule has 0 saturated heterocycles. The minimum Gasteiger partial charge on any atom is -0.481 e. The topological polar surface area (TPSA) is 420 Å². The van der Waals surface area contributed by atoms with Gasteiger partial charge in [0.15, 0.2) is 0 Å². The molecular weight excluding hydrogens is 933 g/mol. The summed E-state index contributed by atoms with van der Waals surface area (Å²) < 4.78 is 0. The summed E-state index contributed by atoms with van der Waals surface area (Å²) in [5.74, 6) is -11.9. The molecule has 8 amide bonds. The fourth-order valence-electron chi connectivity index (χ4n) is 6.72. The Bertz CT molecular complexity index is 2100. The number of rotatable bonds is 32. The van der Waals surface area contributed by atoms with Crippen molar-refractivity contribution in [2.75, 3.05) is 26.4 Å². The highest BCUT2D eigenvalue weighted by molar-refractivity contribution is 5.99. The second-order valence-corrected chi connectivity index (χ2v) is 16.7. The number of benzene rings is 2. The lowest BCUT2D eigenvalue weighted by Crippen LogP contribution is -2.62. The highest BCUT2D eigenvalue weighted by Gasteiger charge is 2.36. The highest BCUT2D eigenvalue weighted by Crippen LogP contribution is 2.12. The van der Waals surface area contributed by atoms with Crippen molar-refractivity contribution < 1.29 is 73.5 Å². The van der Waals surface area contributed by atoms with E-state index in [0.717, 1.165) is 0 Å². The van der Waals surface area contributed by atoms with E-state index in [1.54, 1.807) is 74.5 Å². The Morgan fingerprint density at radius 3 is 1.30 bits per heavy atom. The van der Waals surface area contributed by atoms with Crippen molar-refractivity contribution in [3.05, 3.63) is 71.8 Å². The van der Waals surface area contributed by atoms with Crippen LogP contribution in [0.2, 0.25) is 0 Å². The number of aliphatic hydroxyl groups excluding tert-OH is 3. The summed E-state index contributed by atoms with van der Waals surface area (Å²) in [6.07, 6.45) is -0.557. The van der Waals surface area contributed by atoms with Crippen molar-refractivity contribution in [3.8, 4) is 0 Å². The number of nitrogens with one attached hydrogen (secondary N) is 8. The van der Waals surface area contributed by atoms with Gasteiger partial charge >= 0.3 is 11.9 Å². The first-order valence-electron chi connectivity index (χ1n) is 22.9. The molecule has 10 atom stereocenters. The molecule has 0 bridgehead atoms. The number of aliphatic carboxylic acids is 2. The number of carbonyl (C=O) groups excluding carboxylic acids is 8. The van der Waals surface area contributed by atoms with Crippen molar-refractivity contribution in [1.82, 2.24) is 42.5 Å². The van der Waals surface area contributed by atoms with Gasteiger partial charge in [-0.25, -0.2) is 4.79 Å². The van der Waals surface area contributed by atoms with Gasteiger partial charge in [-0.1, -0.05) is 80.9 Å². The van der Waals surface area contributed by atoms with Crippen molar-refractivity contribution in [3.63, 3.8) is 0 Å².